The topological polar surface area (TPSA) is 12.9 Å². The summed E-state index contributed by atoms with van der Waals surface area (Å²) in [5, 5.41) is 0. The van der Waals surface area contributed by atoms with Gasteiger partial charge in [-0.15, -0.1) is 0 Å². The molecule has 0 fully saturated rings. The second-order valence-corrected chi connectivity index (χ2v) is 3.42. The van der Waals surface area contributed by atoms with Gasteiger partial charge in [0.1, 0.15) is 0 Å². The van der Waals surface area contributed by atoms with Crippen LogP contribution in [-0.4, -0.2) is 4.98 Å². The number of aromatic nitrogens is 1. The molecule has 0 unspecified atom stereocenters. The van der Waals surface area contributed by atoms with E-state index in [2.05, 4.69) is 43.1 Å². The zero-order valence-electron chi connectivity index (χ0n) is 8.41. The molecule has 1 heterocycles. The lowest BCUT2D eigenvalue weighted by Gasteiger charge is -2.07. The van der Waals surface area contributed by atoms with E-state index in [4.69, 9.17) is 0 Å². The smallest absolute Gasteiger partial charge is 0.0347 e. The fourth-order valence-corrected chi connectivity index (χ4v) is 1.54. The first-order chi connectivity index (χ1) is 6.79. The summed E-state index contributed by atoms with van der Waals surface area (Å²) < 4.78 is 0. The van der Waals surface area contributed by atoms with Gasteiger partial charge in [0, 0.05) is 24.0 Å². The highest BCUT2D eigenvalue weighted by molar-refractivity contribution is 5.67. The monoisotopic (exact) mass is 182 g/mol. The number of hydrogen-bond acceptors (Lipinski definition) is 1. The van der Waals surface area contributed by atoms with Crippen molar-refractivity contribution in [1.29, 1.82) is 0 Å². The highest BCUT2D eigenvalue weighted by atomic mass is 14.6. The lowest BCUT2D eigenvalue weighted by molar-refractivity contribution is 1.30. The van der Waals surface area contributed by atoms with Crippen LogP contribution in [0.3, 0.4) is 0 Å². The Balaban J connectivity index is 2.58. The molecule has 1 aromatic heterocycles. The molecule has 1 aromatic carbocycles. The molecule has 1 nitrogen and oxygen atoms in total. The van der Waals surface area contributed by atoms with E-state index >= 15 is 0 Å². The Morgan fingerprint density at radius 1 is 1.21 bits per heavy atom. The van der Waals surface area contributed by atoms with Crippen LogP contribution in [0.15, 0.2) is 36.7 Å². The Kier molecular flexibility index (Phi) is 2.32. The fraction of sp³-hybridized carbons (Fsp3) is 0.154. The summed E-state index contributed by atoms with van der Waals surface area (Å²) in [4.78, 5) is 4.08. The summed E-state index contributed by atoms with van der Waals surface area (Å²) in [6.07, 6.45) is 3.55. The summed E-state index contributed by atoms with van der Waals surface area (Å²) in [5.74, 6) is 0. The third-order valence-electron chi connectivity index (χ3n) is 2.52. The molecule has 0 aliphatic heterocycles. The normalized spacial score (nSPS) is 10.1. The van der Waals surface area contributed by atoms with Gasteiger partial charge in [-0.1, -0.05) is 18.2 Å². The summed E-state index contributed by atoms with van der Waals surface area (Å²) in [5.41, 5.74) is 5.00. The molecule has 0 aliphatic carbocycles. The first-order valence-electron chi connectivity index (χ1n) is 4.67. The fourth-order valence-electron chi connectivity index (χ4n) is 1.54. The molecular formula is C13H12N. The second-order valence-electron chi connectivity index (χ2n) is 3.42. The number of nitrogens with zero attached hydrogens (tertiary/aromatic N) is 1. The summed E-state index contributed by atoms with van der Waals surface area (Å²) in [6, 6.07) is 11.3. The van der Waals surface area contributed by atoms with Crippen molar-refractivity contribution >= 4 is 0 Å². The Hall–Kier alpha value is -1.63. The van der Waals surface area contributed by atoms with Crippen LogP contribution in [0.4, 0.5) is 0 Å². The van der Waals surface area contributed by atoms with Gasteiger partial charge in [-0.3, -0.25) is 4.98 Å². The van der Waals surface area contributed by atoms with Gasteiger partial charge in [-0.25, -0.2) is 0 Å². The van der Waals surface area contributed by atoms with Crippen LogP contribution < -0.4 is 0 Å². The van der Waals surface area contributed by atoms with Crippen LogP contribution in [0, 0.1) is 19.9 Å². The lowest BCUT2D eigenvalue weighted by atomic mass is 9.98. The van der Waals surface area contributed by atoms with Crippen LogP contribution in [-0.2, 0) is 0 Å². The molecule has 1 heteroatoms. The van der Waals surface area contributed by atoms with Crippen LogP contribution in [0.1, 0.15) is 11.1 Å². The van der Waals surface area contributed by atoms with E-state index in [9.17, 15) is 0 Å². The molecule has 2 rings (SSSR count). The van der Waals surface area contributed by atoms with E-state index in [-0.39, 0.29) is 0 Å². The maximum absolute atomic E-state index is 4.08. The summed E-state index contributed by atoms with van der Waals surface area (Å²) >= 11 is 0. The summed E-state index contributed by atoms with van der Waals surface area (Å²) in [6.45, 7) is 4.26. The van der Waals surface area contributed by atoms with Crippen molar-refractivity contribution in [3.05, 3.63) is 53.9 Å². The van der Waals surface area contributed by atoms with Crippen LogP contribution >= 0.6 is 0 Å². The van der Waals surface area contributed by atoms with Crippen molar-refractivity contribution < 1.29 is 0 Å². The van der Waals surface area contributed by atoms with E-state index in [0.717, 1.165) is 5.56 Å². The molecule has 0 amide bonds. The van der Waals surface area contributed by atoms with Gasteiger partial charge in [-0.2, -0.15) is 0 Å². The molecule has 0 saturated heterocycles. The van der Waals surface area contributed by atoms with E-state index in [1.165, 1.54) is 16.7 Å². The van der Waals surface area contributed by atoms with Crippen molar-refractivity contribution in [2.24, 2.45) is 0 Å². The van der Waals surface area contributed by atoms with E-state index < -0.39 is 0 Å². The van der Waals surface area contributed by atoms with Crippen molar-refractivity contribution in [3.8, 4) is 11.1 Å². The minimum atomic E-state index is 1.13. The second kappa shape index (κ2) is 3.62. The maximum atomic E-state index is 4.08. The quantitative estimate of drug-likeness (QED) is 0.660. The van der Waals surface area contributed by atoms with Gasteiger partial charge in [0.25, 0.3) is 0 Å². The molecule has 0 spiro atoms. The van der Waals surface area contributed by atoms with Gasteiger partial charge in [0.05, 0.1) is 0 Å². The molecule has 14 heavy (non-hydrogen) atoms. The molecule has 0 atom stereocenters. The highest BCUT2D eigenvalue weighted by Gasteiger charge is 2.02. The Morgan fingerprint density at radius 2 is 2.07 bits per heavy atom. The van der Waals surface area contributed by atoms with Crippen molar-refractivity contribution in [2.45, 2.75) is 13.8 Å². The molecule has 0 N–H and O–H groups in total. The highest BCUT2D eigenvalue weighted by Crippen LogP contribution is 2.23. The summed E-state index contributed by atoms with van der Waals surface area (Å²) in [7, 11) is 0. The van der Waals surface area contributed by atoms with Crippen molar-refractivity contribution in [2.75, 3.05) is 0 Å². The average Bonchev–Trinajstić information content (AvgIpc) is 2.23. The third kappa shape index (κ3) is 1.53. The standard InChI is InChI=1S/C13H12N/c1-10-5-3-7-13(11(10)2)12-6-4-8-14-9-12/h3,5-9H,1-2H3. The SMILES string of the molecule is Cc1cccc(-c2c[c]cnc2)c1C. The Bertz CT molecular complexity index is 432. The average molecular weight is 182 g/mol. The molecule has 1 radical (unpaired) electrons. The lowest BCUT2D eigenvalue weighted by Crippen LogP contribution is -1.87. The Morgan fingerprint density at radius 3 is 2.79 bits per heavy atom. The molecule has 0 saturated carbocycles. The number of benzene rings is 1. The van der Waals surface area contributed by atoms with Gasteiger partial charge in [-0.05, 0) is 36.6 Å². The minimum absolute atomic E-state index is 1.13. The van der Waals surface area contributed by atoms with E-state index in [0.29, 0.717) is 0 Å². The molecular weight excluding hydrogens is 170 g/mol. The third-order valence-corrected chi connectivity index (χ3v) is 2.52. The van der Waals surface area contributed by atoms with Gasteiger partial charge >= 0.3 is 0 Å². The van der Waals surface area contributed by atoms with E-state index in [1.807, 2.05) is 12.3 Å². The zero-order valence-corrected chi connectivity index (χ0v) is 8.41. The van der Waals surface area contributed by atoms with Crippen LogP contribution in [0.5, 0.6) is 0 Å². The predicted octanol–water partition coefficient (Wildman–Crippen LogP) is 3.17. The van der Waals surface area contributed by atoms with Crippen LogP contribution in [0.25, 0.3) is 11.1 Å². The number of aryl methyl sites for hydroxylation is 1. The molecule has 0 bridgehead atoms. The Labute approximate surface area is 84.4 Å². The zero-order chi connectivity index (χ0) is 9.97. The van der Waals surface area contributed by atoms with Gasteiger partial charge in [0.15, 0.2) is 0 Å². The van der Waals surface area contributed by atoms with Crippen molar-refractivity contribution in [3.63, 3.8) is 0 Å². The van der Waals surface area contributed by atoms with E-state index in [1.54, 1.807) is 6.20 Å². The minimum Gasteiger partial charge on any atom is -0.263 e. The maximum Gasteiger partial charge on any atom is 0.0347 e. The first kappa shape index (κ1) is 8.95. The predicted molar refractivity (Wildman–Crippen MR) is 58.0 cm³/mol. The molecule has 2 aromatic rings. The molecule has 0 aliphatic rings. The largest absolute Gasteiger partial charge is 0.263 e. The van der Waals surface area contributed by atoms with Crippen LogP contribution in [0.2, 0.25) is 0 Å². The first-order valence-corrected chi connectivity index (χ1v) is 4.67. The number of hydrogen-bond donors (Lipinski definition) is 0. The van der Waals surface area contributed by atoms with Crippen molar-refractivity contribution in [1.82, 2.24) is 4.98 Å². The van der Waals surface area contributed by atoms with Gasteiger partial charge in [0.2, 0.25) is 0 Å². The number of rotatable bonds is 1. The number of pyridine rings is 1. The molecule has 69 valence electrons. The van der Waals surface area contributed by atoms with Gasteiger partial charge < -0.3 is 0 Å².